The highest BCUT2D eigenvalue weighted by Crippen LogP contribution is 2.28. The van der Waals surface area contributed by atoms with Crippen LogP contribution < -0.4 is 15.8 Å². The average molecular weight is 458 g/mol. The van der Waals surface area contributed by atoms with Crippen LogP contribution in [0.4, 0.5) is 5.13 Å². The summed E-state index contributed by atoms with van der Waals surface area (Å²) in [6, 6.07) is 7.53. The number of aryl methyl sites for hydroxylation is 1. The molecule has 3 heterocycles. The number of amides is 1. The van der Waals surface area contributed by atoms with E-state index in [-0.39, 0.29) is 17.4 Å². The van der Waals surface area contributed by atoms with E-state index in [9.17, 15) is 9.59 Å². The highest BCUT2D eigenvalue weighted by molar-refractivity contribution is 7.20. The number of carbonyl (C=O) groups is 1. The lowest BCUT2D eigenvalue weighted by Gasteiger charge is -2.31. The Labute approximate surface area is 189 Å². The van der Waals surface area contributed by atoms with Gasteiger partial charge in [-0.05, 0) is 50.2 Å². The molecule has 0 bridgehead atoms. The van der Waals surface area contributed by atoms with Gasteiger partial charge in [0, 0.05) is 30.2 Å². The van der Waals surface area contributed by atoms with Gasteiger partial charge in [-0.1, -0.05) is 41.1 Å². The van der Waals surface area contributed by atoms with Gasteiger partial charge in [0.2, 0.25) is 16.0 Å². The van der Waals surface area contributed by atoms with Crippen molar-refractivity contribution in [3.63, 3.8) is 0 Å². The van der Waals surface area contributed by atoms with Crippen molar-refractivity contribution in [2.75, 3.05) is 18.0 Å². The highest BCUT2D eigenvalue weighted by Gasteiger charge is 2.28. The quantitative estimate of drug-likeness (QED) is 0.650. The summed E-state index contributed by atoms with van der Waals surface area (Å²) in [5, 5.41) is 9.02. The van der Waals surface area contributed by atoms with E-state index < -0.39 is 0 Å². The van der Waals surface area contributed by atoms with Crippen molar-refractivity contribution in [2.45, 2.75) is 45.1 Å². The normalized spacial score (nSPS) is 18.7. The fourth-order valence-electron chi connectivity index (χ4n) is 4.42. The van der Waals surface area contributed by atoms with Gasteiger partial charge in [0.15, 0.2) is 0 Å². The molecule has 2 aromatic heterocycles. The molecule has 0 saturated carbocycles. The number of piperidine rings is 1. The molecule has 162 valence electrons. The number of nitrogens with one attached hydrogen (secondary N) is 1. The number of halogens is 1. The SMILES string of the molecule is O=C(NCc1ccccc1Cl)C1CCCN(c2nn3c(=O)c4c(nc3s2)CCCC4)C1. The van der Waals surface area contributed by atoms with E-state index in [1.165, 1.54) is 15.9 Å². The monoisotopic (exact) mass is 457 g/mol. The molecule has 7 nitrogen and oxygen atoms in total. The molecule has 1 N–H and O–H groups in total. The Kier molecular flexibility index (Phi) is 5.67. The number of fused-ring (bicyclic) bond motifs is 2. The van der Waals surface area contributed by atoms with Crippen molar-refractivity contribution in [1.82, 2.24) is 19.9 Å². The van der Waals surface area contributed by atoms with Gasteiger partial charge in [0.25, 0.3) is 5.56 Å². The third kappa shape index (κ3) is 4.06. The summed E-state index contributed by atoms with van der Waals surface area (Å²) >= 11 is 7.63. The highest BCUT2D eigenvalue weighted by atomic mass is 35.5. The van der Waals surface area contributed by atoms with Crippen LogP contribution in [0.5, 0.6) is 0 Å². The molecule has 2 aliphatic rings. The topological polar surface area (TPSA) is 79.6 Å². The number of hydrogen-bond donors (Lipinski definition) is 1. The molecule has 5 rings (SSSR count). The molecule has 0 radical (unpaired) electrons. The molecule has 1 aliphatic carbocycles. The largest absolute Gasteiger partial charge is 0.352 e. The van der Waals surface area contributed by atoms with E-state index in [1.54, 1.807) is 0 Å². The summed E-state index contributed by atoms with van der Waals surface area (Å²) in [5.41, 5.74) is 2.62. The molecule has 1 unspecified atom stereocenters. The standard InChI is InChI=1S/C22H24ClN5O2S/c23-17-9-3-1-6-14(17)12-24-19(29)15-7-5-11-27(13-15)22-26-28-20(30)16-8-2-4-10-18(16)25-21(28)31-22/h1,3,6,9,15H,2,4-5,7-8,10-13H2,(H,24,29). The van der Waals surface area contributed by atoms with Gasteiger partial charge in [-0.25, -0.2) is 4.98 Å². The lowest BCUT2D eigenvalue weighted by Crippen LogP contribution is -2.43. The molecular weight excluding hydrogens is 434 g/mol. The van der Waals surface area contributed by atoms with Crippen LogP contribution in [0.2, 0.25) is 5.02 Å². The number of rotatable bonds is 4. The van der Waals surface area contributed by atoms with Gasteiger partial charge in [-0.3, -0.25) is 9.59 Å². The van der Waals surface area contributed by atoms with E-state index in [1.807, 2.05) is 24.3 Å². The summed E-state index contributed by atoms with van der Waals surface area (Å²) < 4.78 is 1.45. The summed E-state index contributed by atoms with van der Waals surface area (Å²) in [6.45, 7) is 1.83. The van der Waals surface area contributed by atoms with Gasteiger partial charge in [-0.2, -0.15) is 4.52 Å². The number of carbonyl (C=O) groups excluding carboxylic acids is 1. The van der Waals surface area contributed by atoms with Gasteiger partial charge >= 0.3 is 0 Å². The van der Waals surface area contributed by atoms with E-state index >= 15 is 0 Å². The van der Waals surface area contributed by atoms with Crippen LogP contribution in [0.25, 0.3) is 4.96 Å². The third-order valence-corrected chi connectivity index (χ3v) is 7.48. The molecule has 31 heavy (non-hydrogen) atoms. The van der Waals surface area contributed by atoms with E-state index in [4.69, 9.17) is 16.6 Å². The first-order chi connectivity index (χ1) is 15.1. The van der Waals surface area contributed by atoms with E-state index in [0.29, 0.717) is 23.1 Å². The van der Waals surface area contributed by atoms with Crippen LogP contribution in [0.15, 0.2) is 29.1 Å². The Balaban J connectivity index is 1.31. The van der Waals surface area contributed by atoms with Crippen LogP contribution >= 0.6 is 22.9 Å². The number of anilines is 1. The van der Waals surface area contributed by atoms with Crippen LogP contribution in [0, 0.1) is 5.92 Å². The molecule has 9 heteroatoms. The molecule has 1 saturated heterocycles. The maximum absolute atomic E-state index is 12.9. The van der Waals surface area contributed by atoms with Crippen LogP contribution in [-0.4, -0.2) is 33.6 Å². The fourth-order valence-corrected chi connectivity index (χ4v) is 5.57. The third-order valence-electron chi connectivity index (χ3n) is 6.14. The summed E-state index contributed by atoms with van der Waals surface area (Å²) in [5.74, 6) is -0.0994. The Morgan fingerprint density at radius 3 is 2.94 bits per heavy atom. The molecule has 0 spiro atoms. The van der Waals surface area contributed by atoms with Crippen LogP contribution in [0.3, 0.4) is 0 Å². The van der Waals surface area contributed by atoms with Crippen molar-refractivity contribution in [2.24, 2.45) is 5.92 Å². The first kappa shape index (κ1) is 20.5. The van der Waals surface area contributed by atoms with Gasteiger partial charge in [-0.15, -0.1) is 5.10 Å². The fraction of sp³-hybridized carbons (Fsp3) is 0.455. The molecule has 3 aromatic rings. The smallest absolute Gasteiger partial charge is 0.278 e. The first-order valence-corrected chi connectivity index (χ1v) is 12.0. The maximum Gasteiger partial charge on any atom is 0.278 e. The predicted molar refractivity (Wildman–Crippen MR) is 122 cm³/mol. The Hall–Kier alpha value is -2.45. The minimum absolute atomic E-state index is 0.0245. The minimum atomic E-state index is -0.124. The van der Waals surface area contributed by atoms with Gasteiger partial charge < -0.3 is 10.2 Å². The van der Waals surface area contributed by atoms with Crippen molar-refractivity contribution < 1.29 is 4.79 Å². The zero-order valence-corrected chi connectivity index (χ0v) is 18.7. The summed E-state index contributed by atoms with van der Waals surface area (Å²) in [4.78, 5) is 33.1. The van der Waals surface area contributed by atoms with Crippen molar-refractivity contribution >= 4 is 38.9 Å². The lowest BCUT2D eigenvalue weighted by molar-refractivity contribution is -0.125. The van der Waals surface area contributed by atoms with E-state index in [0.717, 1.165) is 67.0 Å². The second-order valence-corrected chi connectivity index (χ2v) is 9.56. The van der Waals surface area contributed by atoms with Crippen molar-refractivity contribution in [3.8, 4) is 0 Å². The average Bonchev–Trinajstić information content (AvgIpc) is 3.23. The molecule has 1 aromatic carbocycles. The molecule has 1 amide bonds. The second kappa shape index (κ2) is 8.59. The number of hydrogen-bond acceptors (Lipinski definition) is 6. The second-order valence-electron chi connectivity index (χ2n) is 8.22. The lowest BCUT2D eigenvalue weighted by atomic mass is 9.97. The number of benzene rings is 1. The first-order valence-electron chi connectivity index (χ1n) is 10.8. The minimum Gasteiger partial charge on any atom is -0.352 e. The molecule has 1 aliphatic heterocycles. The summed E-state index contributed by atoms with van der Waals surface area (Å²) in [7, 11) is 0. The number of nitrogens with zero attached hydrogens (tertiary/aromatic N) is 4. The molecule has 1 fully saturated rings. The zero-order chi connectivity index (χ0) is 21.4. The molecular formula is C22H24ClN5O2S. The van der Waals surface area contributed by atoms with Crippen LogP contribution in [-0.2, 0) is 24.2 Å². The maximum atomic E-state index is 12.9. The molecule has 1 atom stereocenters. The Morgan fingerprint density at radius 2 is 2.06 bits per heavy atom. The van der Waals surface area contributed by atoms with Gasteiger partial charge in [0.05, 0.1) is 11.6 Å². The van der Waals surface area contributed by atoms with Gasteiger partial charge in [0.1, 0.15) is 0 Å². The predicted octanol–water partition coefficient (Wildman–Crippen LogP) is 3.22. The number of aromatic nitrogens is 3. The van der Waals surface area contributed by atoms with Crippen molar-refractivity contribution in [1.29, 1.82) is 0 Å². The zero-order valence-electron chi connectivity index (χ0n) is 17.1. The Morgan fingerprint density at radius 1 is 1.23 bits per heavy atom. The van der Waals surface area contributed by atoms with E-state index in [2.05, 4.69) is 15.3 Å². The Bertz CT molecular complexity index is 1190. The summed E-state index contributed by atoms with van der Waals surface area (Å²) in [6.07, 6.45) is 5.50. The van der Waals surface area contributed by atoms with Crippen molar-refractivity contribution in [3.05, 3.63) is 56.5 Å². The van der Waals surface area contributed by atoms with Crippen LogP contribution in [0.1, 0.15) is 42.5 Å².